The van der Waals surface area contributed by atoms with Crippen LogP contribution in [-0.4, -0.2) is 43.1 Å². The van der Waals surface area contributed by atoms with Crippen molar-refractivity contribution in [3.63, 3.8) is 0 Å². The van der Waals surface area contributed by atoms with Crippen LogP contribution in [0.15, 0.2) is 35.0 Å². The molecular weight excluding hydrogens is 286 g/mol. The van der Waals surface area contributed by atoms with E-state index in [9.17, 15) is 0 Å². The van der Waals surface area contributed by atoms with Crippen LogP contribution in [0.1, 0.15) is 15.8 Å². The Bertz CT molecular complexity index is 487. The third-order valence-corrected chi connectivity index (χ3v) is 5.60. The number of hydrogen-bond donors (Lipinski definition) is 1. The third kappa shape index (κ3) is 3.68. The monoisotopic (exact) mass is 307 g/mol. The standard InChI is InChI=1S/C15H21N3S2/c1-17-6-8-18(9-7-17)16-14(15-5-3-11-20-15)12-13-4-2-10-19-13/h2-5,10-11,14,16H,6-9,12H2,1H3. The van der Waals surface area contributed by atoms with Gasteiger partial charge in [-0.3, -0.25) is 0 Å². The van der Waals surface area contributed by atoms with Crippen molar-refractivity contribution in [1.29, 1.82) is 0 Å². The molecule has 0 saturated carbocycles. The summed E-state index contributed by atoms with van der Waals surface area (Å²) in [6.45, 7) is 4.48. The SMILES string of the molecule is CN1CCN(NC(Cc2cccs2)c2cccs2)CC1. The molecule has 1 fully saturated rings. The molecule has 0 bridgehead atoms. The number of thiophene rings is 2. The zero-order valence-corrected chi connectivity index (χ0v) is 13.4. The van der Waals surface area contributed by atoms with Gasteiger partial charge in [0, 0.05) is 42.4 Å². The number of nitrogens with zero attached hydrogens (tertiary/aromatic N) is 2. The Balaban J connectivity index is 1.66. The van der Waals surface area contributed by atoms with Gasteiger partial charge in [0.25, 0.3) is 0 Å². The van der Waals surface area contributed by atoms with Crippen molar-refractivity contribution in [2.45, 2.75) is 12.5 Å². The topological polar surface area (TPSA) is 18.5 Å². The maximum atomic E-state index is 3.74. The highest BCUT2D eigenvalue weighted by Crippen LogP contribution is 2.25. The Kier molecular flexibility index (Phi) is 4.86. The molecule has 2 aromatic rings. The van der Waals surface area contributed by atoms with E-state index in [1.54, 1.807) is 0 Å². The van der Waals surface area contributed by atoms with Crippen LogP contribution in [0.2, 0.25) is 0 Å². The van der Waals surface area contributed by atoms with Gasteiger partial charge in [0.2, 0.25) is 0 Å². The first-order chi connectivity index (χ1) is 9.81. The van der Waals surface area contributed by atoms with E-state index >= 15 is 0 Å². The summed E-state index contributed by atoms with van der Waals surface area (Å²) in [5, 5.41) is 6.72. The van der Waals surface area contributed by atoms with Crippen LogP contribution in [0.25, 0.3) is 0 Å². The molecule has 0 aromatic carbocycles. The lowest BCUT2D eigenvalue weighted by Crippen LogP contribution is -2.51. The van der Waals surface area contributed by atoms with Gasteiger partial charge in [-0.25, -0.2) is 10.4 Å². The first-order valence-corrected chi connectivity index (χ1v) is 8.82. The molecule has 3 nitrogen and oxygen atoms in total. The fourth-order valence-corrected chi connectivity index (χ4v) is 4.01. The van der Waals surface area contributed by atoms with E-state index in [1.807, 2.05) is 22.7 Å². The van der Waals surface area contributed by atoms with Gasteiger partial charge in [-0.05, 0) is 29.9 Å². The van der Waals surface area contributed by atoms with E-state index in [4.69, 9.17) is 0 Å². The van der Waals surface area contributed by atoms with Crippen molar-refractivity contribution < 1.29 is 0 Å². The molecule has 108 valence electrons. The number of likely N-dealkylation sites (N-methyl/N-ethyl adjacent to an activating group) is 1. The summed E-state index contributed by atoms with van der Waals surface area (Å²) in [7, 11) is 2.19. The smallest absolute Gasteiger partial charge is 0.0606 e. The average molecular weight is 307 g/mol. The minimum atomic E-state index is 0.400. The Labute approximate surface area is 128 Å². The number of rotatable bonds is 5. The van der Waals surface area contributed by atoms with Gasteiger partial charge < -0.3 is 4.90 Å². The van der Waals surface area contributed by atoms with E-state index in [0.29, 0.717) is 6.04 Å². The predicted molar refractivity (Wildman–Crippen MR) is 87.3 cm³/mol. The summed E-state index contributed by atoms with van der Waals surface area (Å²) in [6, 6.07) is 9.16. The maximum Gasteiger partial charge on any atom is 0.0606 e. The van der Waals surface area contributed by atoms with Gasteiger partial charge >= 0.3 is 0 Å². The molecular formula is C15H21N3S2. The molecule has 0 radical (unpaired) electrons. The molecule has 0 amide bonds. The molecule has 1 N–H and O–H groups in total. The molecule has 3 rings (SSSR count). The van der Waals surface area contributed by atoms with Crippen LogP contribution >= 0.6 is 22.7 Å². The van der Waals surface area contributed by atoms with Gasteiger partial charge in [0.1, 0.15) is 0 Å². The lowest BCUT2D eigenvalue weighted by molar-refractivity contribution is 0.0873. The zero-order chi connectivity index (χ0) is 13.8. The summed E-state index contributed by atoms with van der Waals surface area (Å²) < 4.78 is 0. The van der Waals surface area contributed by atoms with E-state index in [1.165, 1.54) is 9.75 Å². The average Bonchev–Trinajstić information content (AvgIpc) is 3.12. The Morgan fingerprint density at radius 2 is 1.85 bits per heavy atom. The molecule has 5 heteroatoms. The number of piperazine rings is 1. The van der Waals surface area contributed by atoms with Crippen LogP contribution in [-0.2, 0) is 6.42 Å². The predicted octanol–water partition coefficient (Wildman–Crippen LogP) is 2.85. The van der Waals surface area contributed by atoms with Gasteiger partial charge in [-0.15, -0.1) is 22.7 Å². The largest absolute Gasteiger partial charge is 0.304 e. The van der Waals surface area contributed by atoms with E-state index in [0.717, 1.165) is 32.6 Å². The van der Waals surface area contributed by atoms with Crippen LogP contribution < -0.4 is 5.43 Å². The lowest BCUT2D eigenvalue weighted by Gasteiger charge is -2.35. The van der Waals surface area contributed by atoms with E-state index < -0.39 is 0 Å². The quantitative estimate of drug-likeness (QED) is 0.916. The molecule has 1 saturated heterocycles. The Hall–Kier alpha value is -0.720. The Morgan fingerprint density at radius 1 is 1.10 bits per heavy atom. The molecule has 0 aliphatic carbocycles. The maximum absolute atomic E-state index is 3.74. The van der Waals surface area contributed by atoms with Crippen molar-refractivity contribution in [2.24, 2.45) is 0 Å². The fraction of sp³-hybridized carbons (Fsp3) is 0.467. The van der Waals surface area contributed by atoms with Crippen LogP contribution in [0.3, 0.4) is 0 Å². The summed E-state index contributed by atoms with van der Waals surface area (Å²) in [4.78, 5) is 5.26. The highest BCUT2D eigenvalue weighted by molar-refractivity contribution is 7.10. The van der Waals surface area contributed by atoms with Crippen LogP contribution in [0.5, 0.6) is 0 Å². The van der Waals surface area contributed by atoms with Crippen molar-refractivity contribution in [3.8, 4) is 0 Å². The molecule has 2 aromatic heterocycles. The summed E-state index contributed by atoms with van der Waals surface area (Å²) >= 11 is 3.70. The molecule has 1 atom stereocenters. The normalized spacial score (nSPS) is 19.2. The highest BCUT2D eigenvalue weighted by atomic mass is 32.1. The number of hydrazine groups is 1. The lowest BCUT2D eigenvalue weighted by atomic mass is 10.1. The second-order valence-electron chi connectivity index (χ2n) is 5.27. The minimum Gasteiger partial charge on any atom is -0.304 e. The van der Waals surface area contributed by atoms with Crippen LogP contribution in [0.4, 0.5) is 0 Å². The number of hydrogen-bond acceptors (Lipinski definition) is 5. The molecule has 1 aliphatic heterocycles. The van der Waals surface area contributed by atoms with E-state index in [-0.39, 0.29) is 0 Å². The van der Waals surface area contributed by atoms with Crippen molar-refractivity contribution in [1.82, 2.24) is 15.3 Å². The van der Waals surface area contributed by atoms with E-state index in [2.05, 4.69) is 57.4 Å². The van der Waals surface area contributed by atoms with Crippen LogP contribution in [0, 0.1) is 0 Å². The van der Waals surface area contributed by atoms with Gasteiger partial charge in [-0.2, -0.15) is 0 Å². The third-order valence-electron chi connectivity index (χ3n) is 3.71. The zero-order valence-electron chi connectivity index (χ0n) is 11.8. The summed E-state index contributed by atoms with van der Waals surface area (Å²) in [5.41, 5.74) is 3.74. The summed E-state index contributed by atoms with van der Waals surface area (Å²) in [5.74, 6) is 0. The van der Waals surface area contributed by atoms with Gasteiger partial charge in [0.15, 0.2) is 0 Å². The fourth-order valence-electron chi connectivity index (χ4n) is 2.49. The highest BCUT2D eigenvalue weighted by Gasteiger charge is 2.20. The number of nitrogens with one attached hydrogen (secondary N) is 1. The van der Waals surface area contributed by atoms with Crippen molar-refractivity contribution >= 4 is 22.7 Å². The first-order valence-electron chi connectivity index (χ1n) is 7.07. The minimum absolute atomic E-state index is 0.400. The Morgan fingerprint density at radius 3 is 2.50 bits per heavy atom. The van der Waals surface area contributed by atoms with Crippen molar-refractivity contribution in [2.75, 3.05) is 33.2 Å². The second-order valence-corrected chi connectivity index (χ2v) is 7.28. The molecule has 3 heterocycles. The molecule has 0 spiro atoms. The summed E-state index contributed by atoms with van der Waals surface area (Å²) in [6.07, 6.45) is 1.07. The van der Waals surface area contributed by atoms with Gasteiger partial charge in [-0.1, -0.05) is 12.1 Å². The molecule has 1 aliphatic rings. The second kappa shape index (κ2) is 6.83. The van der Waals surface area contributed by atoms with Gasteiger partial charge in [0.05, 0.1) is 6.04 Å². The molecule has 20 heavy (non-hydrogen) atoms. The first kappa shape index (κ1) is 14.2. The molecule has 1 unspecified atom stereocenters. The van der Waals surface area contributed by atoms with Crippen molar-refractivity contribution in [3.05, 3.63) is 44.8 Å².